The van der Waals surface area contributed by atoms with Crippen molar-refractivity contribution in [3.8, 4) is 0 Å². The summed E-state index contributed by atoms with van der Waals surface area (Å²) in [6, 6.07) is 9.90. The standard InChI is InChI=1S/C16H24BrN/c1-12(11-14-7-9-16(17)10-8-14)18-13(2)15-5-3-4-6-15/h7-10,12-13,15,18H,3-6,11H2,1-2H3/t12?,13-/m1/s1. The van der Waals surface area contributed by atoms with Crippen LogP contribution < -0.4 is 5.32 Å². The maximum absolute atomic E-state index is 3.77. The van der Waals surface area contributed by atoms with Gasteiger partial charge in [-0.25, -0.2) is 0 Å². The first kappa shape index (κ1) is 14.1. The van der Waals surface area contributed by atoms with E-state index in [-0.39, 0.29) is 0 Å². The molecule has 18 heavy (non-hydrogen) atoms. The minimum absolute atomic E-state index is 0.557. The molecule has 2 heteroatoms. The van der Waals surface area contributed by atoms with Crippen molar-refractivity contribution in [2.75, 3.05) is 0 Å². The molecule has 0 radical (unpaired) electrons. The lowest BCUT2D eigenvalue weighted by Gasteiger charge is -2.25. The van der Waals surface area contributed by atoms with Crippen molar-refractivity contribution >= 4 is 15.9 Å². The number of hydrogen-bond acceptors (Lipinski definition) is 1. The monoisotopic (exact) mass is 309 g/mol. The van der Waals surface area contributed by atoms with Crippen molar-refractivity contribution in [1.29, 1.82) is 0 Å². The van der Waals surface area contributed by atoms with Crippen LogP contribution in [0.4, 0.5) is 0 Å². The molecule has 2 atom stereocenters. The molecule has 1 aliphatic carbocycles. The zero-order valence-corrected chi connectivity index (χ0v) is 13.0. The van der Waals surface area contributed by atoms with Crippen molar-refractivity contribution in [2.24, 2.45) is 5.92 Å². The second-order valence-electron chi connectivity index (χ2n) is 5.73. The van der Waals surface area contributed by atoms with Gasteiger partial charge in [0.2, 0.25) is 0 Å². The van der Waals surface area contributed by atoms with Crippen LogP contribution in [0.2, 0.25) is 0 Å². The molecule has 0 aromatic heterocycles. The van der Waals surface area contributed by atoms with Crippen LogP contribution in [0, 0.1) is 5.92 Å². The first-order valence-electron chi connectivity index (χ1n) is 7.15. The van der Waals surface area contributed by atoms with Crippen LogP contribution in [-0.4, -0.2) is 12.1 Å². The molecule has 1 saturated carbocycles. The fraction of sp³-hybridized carbons (Fsp3) is 0.625. The SMILES string of the molecule is CC(Cc1ccc(Br)cc1)N[C@H](C)C1CCCC1. The van der Waals surface area contributed by atoms with Crippen LogP contribution in [0.3, 0.4) is 0 Å². The third kappa shape index (κ3) is 4.10. The van der Waals surface area contributed by atoms with Gasteiger partial charge in [-0.2, -0.15) is 0 Å². The lowest BCUT2D eigenvalue weighted by Crippen LogP contribution is -2.39. The van der Waals surface area contributed by atoms with E-state index in [0.29, 0.717) is 12.1 Å². The molecular weight excluding hydrogens is 286 g/mol. The third-order valence-electron chi connectivity index (χ3n) is 4.11. The maximum atomic E-state index is 3.77. The van der Waals surface area contributed by atoms with Gasteiger partial charge in [0.1, 0.15) is 0 Å². The minimum Gasteiger partial charge on any atom is -0.311 e. The molecule has 1 aliphatic rings. The molecule has 1 aromatic rings. The summed E-state index contributed by atoms with van der Waals surface area (Å²) < 4.78 is 1.16. The average molecular weight is 310 g/mol. The molecule has 1 aromatic carbocycles. The maximum Gasteiger partial charge on any atom is 0.0175 e. The Bertz CT molecular complexity index is 354. The summed E-state index contributed by atoms with van der Waals surface area (Å²) in [4.78, 5) is 0. The summed E-state index contributed by atoms with van der Waals surface area (Å²) in [5, 5.41) is 3.77. The highest BCUT2D eigenvalue weighted by atomic mass is 79.9. The van der Waals surface area contributed by atoms with Gasteiger partial charge in [0.05, 0.1) is 0 Å². The van der Waals surface area contributed by atoms with E-state index in [2.05, 4.69) is 59.4 Å². The van der Waals surface area contributed by atoms with E-state index < -0.39 is 0 Å². The molecule has 1 N–H and O–H groups in total. The summed E-state index contributed by atoms with van der Waals surface area (Å²) in [6.45, 7) is 4.65. The minimum atomic E-state index is 0.557. The Morgan fingerprint density at radius 3 is 2.39 bits per heavy atom. The molecule has 0 heterocycles. The fourth-order valence-corrected chi connectivity index (χ4v) is 3.34. The van der Waals surface area contributed by atoms with Crippen LogP contribution in [0.1, 0.15) is 45.1 Å². The summed E-state index contributed by atoms with van der Waals surface area (Å²) >= 11 is 3.48. The number of hydrogen-bond donors (Lipinski definition) is 1. The second-order valence-corrected chi connectivity index (χ2v) is 6.65. The van der Waals surface area contributed by atoms with Gasteiger partial charge in [-0.3, -0.25) is 0 Å². The van der Waals surface area contributed by atoms with Crippen molar-refractivity contribution < 1.29 is 0 Å². The number of halogens is 1. The van der Waals surface area contributed by atoms with Crippen LogP contribution in [-0.2, 0) is 6.42 Å². The highest BCUT2D eigenvalue weighted by Crippen LogP contribution is 2.27. The van der Waals surface area contributed by atoms with Crippen LogP contribution >= 0.6 is 15.9 Å². The van der Waals surface area contributed by atoms with Crippen LogP contribution in [0.15, 0.2) is 28.7 Å². The molecular formula is C16H24BrN. The molecule has 0 bridgehead atoms. The zero-order valence-electron chi connectivity index (χ0n) is 11.5. The highest BCUT2D eigenvalue weighted by molar-refractivity contribution is 9.10. The smallest absolute Gasteiger partial charge is 0.0175 e. The van der Waals surface area contributed by atoms with Gasteiger partial charge < -0.3 is 5.32 Å². The van der Waals surface area contributed by atoms with E-state index in [4.69, 9.17) is 0 Å². The van der Waals surface area contributed by atoms with Gasteiger partial charge in [0.25, 0.3) is 0 Å². The van der Waals surface area contributed by atoms with Crippen molar-refractivity contribution in [3.63, 3.8) is 0 Å². The Balaban J connectivity index is 1.80. The van der Waals surface area contributed by atoms with E-state index in [1.165, 1.54) is 31.2 Å². The summed E-state index contributed by atoms with van der Waals surface area (Å²) in [5.41, 5.74) is 1.41. The Morgan fingerprint density at radius 2 is 1.78 bits per heavy atom. The van der Waals surface area contributed by atoms with Gasteiger partial charge in [-0.1, -0.05) is 40.9 Å². The number of rotatable bonds is 5. The average Bonchev–Trinajstić information content (AvgIpc) is 2.85. The van der Waals surface area contributed by atoms with Gasteiger partial charge in [-0.15, -0.1) is 0 Å². The Labute approximate surface area is 119 Å². The van der Waals surface area contributed by atoms with Gasteiger partial charge in [0.15, 0.2) is 0 Å². The largest absolute Gasteiger partial charge is 0.311 e. The molecule has 1 nitrogen and oxygen atoms in total. The van der Waals surface area contributed by atoms with E-state index in [0.717, 1.165) is 16.8 Å². The lowest BCUT2D eigenvalue weighted by molar-refractivity contribution is 0.348. The summed E-state index contributed by atoms with van der Waals surface area (Å²) in [5.74, 6) is 0.900. The highest BCUT2D eigenvalue weighted by Gasteiger charge is 2.22. The lowest BCUT2D eigenvalue weighted by atomic mass is 9.98. The van der Waals surface area contributed by atoms with Crippen molar-refractivity contribution in [2.45, 2.75) is 58.0 Å². The predicted octanol–water partition coefficient (Wildman–Crippen LogP) is 4.55. The first-order valence-corrected chi connectivity index (χ1v) is 7.95. The van der Waals surface area contributed by atoms with E-state index in [1.807, 2.05) is 0 Å². The van der Waals surface area contributed by atoms with E-state index in [9.17, 15) is 0 Å². The topological polar surface area (TPSA) is 12.0 Å². The Morgan fingerprint density at radius 1 is 1.17 bits per heavy atom. The molecule has 0 spiro atoms. The molecule has 2 rings (SSSR count). The number of nitrogens with one attached hydrogen (secondary N) is 1. The summed E-state index contributed by atoms with van der Waals surface area (Å²) in [6.07, 6.45) is 6.80. The van der Waals surface area contributed by atoms with Crippen molar-refractivity contribution in [1.82, 2.24) is 5.32 Å². The summed E-state index contributed by atoms with van der Waals surface area (Å²) in [7, 11) is 0. The normalized spacial score (nSPS) is 19.9. The fourth-order valence-electron chi connectivity index (χ4n) is 3.08. The third-order valence-corrected chi connectivity index (χ3v) is 4.64. The van der Waals surface area contributed by atoms with E-state index >= 15 is 0 Å². The van der Waals surface area contributed by atoms with E-state index in [1.54, 1.807) is 0 Å². The quantitative estimate of drug-likeness (QED) is 0.841. The Kier molecular flexibility index (Phi) is 5.25. The zero-order chi connectivity index (χ0) is 13.0. The second kappa shape index (κ2) is 6.72. The molecule has 100 valence electrons. The predicted molar refractivity (Wildman–Crippen MR) is 81.9 cm³/mol. The molecule has 0 saturated heterocycles. The van der Waals surface area contributed by atoms with Crippen LogP contribution in [0.25, 0.3) is 0 Å². The molecule has 0 amide bonds. The van der Waals surface area contributed by atoms with Gasteiger partial charge in [-0.05, 0) is 56.7 Å². The van der Waals surface area contributed by atoms with Crippen LogP contribution in [0.5, 0.6) is 0 Å². The Hall–Kier alpha value is -0.340. The number of benzene rings is 1. The van der Waals surface area contributed by atoms with Gasteiger partial charge >= 0.3 is 0 Å². The van der Waals surface area contributed by atoms with Gasteiger partial charge in [0, 0.05) is 16.6 Å². The van der Waals surface area contributed by atoms with Crippen molar-refractivity contribution in [3.05, 3.63) is 34.3 Å². The molecule has 1 unspecified atom stereocenters. The first-order chi connectivity index (χ1) is 8.65. The molecule has 0 aliphatic heterocycles. The molecule has 1 fully saturated rings.